The summed E-state index contributed by atoms with van der Waals surface area (Å²) in [6, 6.07) is 13.9. The highest BCUT2D eigenvalue weighted by molar-refractivity contribution is 6.30. The number of hydrogen-bond donors (Lipinski definition) is 2. The van der Waals surface area contributed by atoms with Crippen molar-refractivity contribution >= 4 is 11.6 Å². The van der Waals surface area contributed by atoms with Gasteiger partial charge in [0.1, 0.15) is 0 Å². The first-order valence-corrected chi connectivity index (χ1v) is 7.69. The van der Waals surface area contributed by atoms with E-state index in [1.807, 2.05) is 37.3 Å². The fourth-order valence-corrected chi connectivity index (χ4v) is 3.79. The molecule has 110 valence electrons. The number of hydrogen-bond acceptors (Lipinski definition) is 2. The fourth-order valence-electron chi connectivity index (χ4n) is 3.57. The molecule has 3 heteroatoms. The Labute approximate surface area is 130 Å². The molecule has 1 aliphatic rings. The van der Waals surface area contributed by atoms with Crippen LogP contribution in [0.2, 0.25) is 5.02 Å². The van der Waals surface area contributed by atoms with Crippen LogP contribution in [-0.4, -0.2) is 11.7 Å². The topological polar surface area (TPSA) is 46.2 Å². The van der Waals surface area contributed by atoms with E-state index >= 15 is 0 Å². The number of fused-ring (bicyclic) bond motifs is 1. The van der Waals surface area contributed by atoms with Crippen LogP contribution in [0.4, 0.5) is 0 Å². The number of halogens is 1. The molecular weight excluding hydrogens is 282 g/mol. The van der Waals surface area contributed by atoms with Crippen LogP contribution in [0.15, 0.2) is 42.5 Å². The monoisotopic (exact) mass is 301 g/mol. The molecule has 2 nitrogen and oxygen atoms in total. The van der Waals surface area contributed by atoms with Gasteiger partial charge in [-0.3, -0.25) is 0 Å². The van der Waals surface area contributed by atoms with Gasteiger partial charge in [0.2, 0.25) is 0 Å². The SMILES string of the molecule is Cc1cc(Cl)ccc1C(O)C1(CN)CCc2ccccc21. The van der Waals surface area contributed by atoms with Crippen LogP contribution in [0.25, 0.3) is 0 Å². The zero-order valence-corrected chi connectivity index (χ0v) is 12.9. The molecule has 2 aromatic rings. The quantitative estimate of drug-likeness (QED) is 0.911. The fraction of sp³-hybridized carbons (Fsp3) is 0.333. The predicted octanol–water partition coefficient (Wildman–Crippen LogP) is 3.52. The molecule has 1 aliphatic carbocycles. The van der Waals surface area contributed by atoms with Crippen molar-refractivity contribution in [2.45, 2.75) is 31.3 Å². The Morgan fingerprint density at radius 1 is 1.29 bits per heavy atom. The van der Waals surface area contributed by atoms with Gasteiger partial charge in [-0.1, -0.05) is 41.9 Å². The molecule has 0 saturated carbocycles. The zero-order chi connectivity index (χ0) is 15.0. The number of aliphatic hydroxyl groups is 1. The molecule has 0 saturated heterocycles. The third kappa shape index (κ3) is 2.28. The Morgan fingerprint density at radius 2 is 2.05 bits per heavy atom. The van der Waals surface area contributed by atoms with Crippen molar-refractivity contribution in [2.24, 2.45) is 5.73 Å². The van der Waals surface area contributed by atoms with E-state index < -0.39 is 11.5 Å². The van der Waals surface area contributed by atoms with Gasteiger partial charge in [-0.25, -0.2) is 0 Å². The van der Waals surface area contributed by atoms with Crippen LogP contribution in [0, 0.1) is 6.92 Å². The van der Waals surface area contributed by atoms with Gasteiger partial charge in [-0.2, -0.15) is 0 Å². The van der Waals surface area contributed by atoms with Gasteiger partial charge in [-0.05, 0) is 54.2 Å². The molecule has 0 spiro atoms. The lowest BCUT2D eigenvalue weighted by atomic mass is 9.73. The number of rotatable bonds is 3. The van der Waals surface area contributed by atoms with Crippen LogP contribution < -0.4 is 5.73 Å². The minimum atomic E-state index is -0.608. The van der Waals surface area contributed by atoms with E-state index in [9.17, 15) is 5.11 Å². The van der Waals surface area contributed by atoms with Crippen molar-refractivity contribution in [3.8, 4) is 0 Å². The normalized spacial score (nSPS) is 22.1. The molecule has 0 amide bonds. The van der Waals surface area contributed by atoms with Crippen LogP contribution in [0.3, 0.4) is 0 Å². The van der Waals surface area contributed by atoms with E-state index in [1.54, 1.807) is 0 Å². The van der Waals surface area contributed by atoms with Gasteiger partial charge in [0.25, 0.3) is 0 Å². The summed E-state index contributed by atoms with van der Waals surface area (Å²) in [6.07, 6.45) is 1.24. The Morgan fingerprint density at radius 3 is 2.76 bits per heavy atom. The second-order valence-corrected chi connectivity index (χ2v) is 6.36. The van der Waals surface area contributed by atoms with E-state index in [1.165, 1.54) is 11.1 Å². The molecule has 21 heavy (non-hydrogen) atoms. The second-order valence-electron chi connectivity index (χ2n) is 5.92. The van der Waals surface area contributed by atoms with E-state index in [2.05, 4.69) is 12.1 Å². The summed E-state index contributed by atoms with van der Waals surface area (Å²) in [7, 11) is 0. The predicted molar refractivity (Wildman–Crippen MR) is 86.6 cm³/mol. The maximum absolute atomic E-state index is 11.1. The van der Waals surface area contributed by atoms with Crippen molar-refractivity contribution in [1.82, 2.24) is 0 Å². The lowest BCUT2D eigenvalue weighted by Crippen LogP contribution is -2.39. The van der Waals surface area contributed by atoms with Crippen LogP contribution >= 0.6 is 11.6 Å². The van der Waals surface area contributed by atoms with Gasteiger partial charge >= 0.3 is 0 Å². The summed E-state index contributed by atoms with van der Waals surface area (Å²) in [6.45, 7) is 2.42. The molecule has 3 N–H and O–H groups in total. The molecule has 0 fully saturated rings. The highest BCUT2D eigenvalue weighted by atomic mass is 35.5. The molecule has 0 aliphatic heterocycles. The van der Waals surface area contributed by atoms with Crippen LogP contribution in [-0.2, 0) is 11.8 Å². The lowest BCUT2D eigenvalue weighted by Gasteiger charge is -2.35. The molecule has 3 rings (SSSR count). The minimum Gasteiger partial charge on any atom is -0.387 e. The first-order chi connectivity index (χ1) is 10.1. The Hall–Kier alpha value is -1.35. The summed E-state index contributed by atoms with van der Waals surface area (Å²) >= 11 is 6.02. The molecule has 0 bridgehead atoms. The smallest absolute Gasteiger partial charge is 0.0901 e. The third-order valence-corrected chi connectivity index (χ3v) is 5.04. The van der Waals surface area contributed by atoms with Crippen molar-refractivity contribution in [2.75, 3.05) is 6.54 Å². The molecule has 2 atom stereocenters. The number of aryl methyl sites for hydroxylation is 2. The minimum absolute atomic E-state index is 0.394. The third-order valence-electron chi connectivity index (χ3n) is 4.81. The standard InChI is InChI=1S/C18H20ClNO/c1-12-10-14(19)6-7-15(12)17(21)18(11-20)9-8-13-4-2-3-5-16(13)18/h2-7,10,17,21H,8-9,11,20H2,1H3. The highest BCUT2D eigenvalue weighted by Crippen LogP contribution is 2.47. The summed E-state index contributed by atoms with van der Waals surface area (Å²) < 4.78 is 0. The Balaban J connectivity index is 2.09. The van der Waals surface area contributed by atoms with E-state index in [4.69, 9.17) is 17.3 Å². The second kappa shape index (κ2) is 5.45. The van der Waals surface area contributed by atoms with E-state index in [0.717, 1.165) is 24.0 Å². The average Bonchev–Trinajstić information content (AvgIpc) is 2.87. The number of aliphatic hydroxyl groups excluding tert-OH is 1. The van der Waals surface area contributed by atoms with Crippen molar-refractivity contribution in [3.05, 3.63) is 69.7 Å². The summed E-state index contributed by atoms with van der Waals surface area (Å²) in [5, 5.41) is 11.8. The highest BCUT2D eigenvalue weighted by Gasteiger charge is 2.44. The molecule has 2 aromatic carbocycles. The van der Waals surface area contributed by atoms with Crippen molar-refractivity contribution in [1.29, 1.82) is 0 Å². The Bertz CT molecular complexity index is 670. The largest absolute Gasteiger partial charge is 0.387 e. The summed E-state index contributed by atoms with van der Waals surface area (Å²) in [5.74, 6) is 0. The van der Waals surface area contributed by atoms with Crippen LogP contribution in [0.1, 0.15) is 34.8 Å². The molecule has 0 heterocycles. The average molecular weight is 302 g/mol. The maximum atomic E-state index is 11.1. The Kier molecular flexibility index (Phi) is 3.78. The van der Waals surface area contributed by atoms with Gasteiger partial charge in [0.05, 0.1) is 6.10 Å². The first-order valence-electron chi connectivity index (χ1n) is 7.31. The van der Waals surface area contributed by atoms with Gasteiger partial charge in [0.15, 0.2) is 0 Å². The van der Waals surface area contributed by atoms with Crippen molar-refractivity contribution < 1.29 is 5.11 Å². The summed E-state index contributed by atoms with van der Waals surface area (Å²) in [4.78, 5) is 0. The molecule has 0 aromatic heterocycles. The first kappa shape index (κ1) is 14.6. The molecular formula is C18H20ClNO. The molecule has 0 radical (unpaired) electrons. The van der Waals surface area contributed by atoms with Crippen LogP contribution in [0.5, 0.6) is 0 Å². The van der Waals surface area contributed by atoms with Gasteiger partial charge in [-0.15, -0.1) is 0 Å². The molecule has 2 unspecified atom stereocenters. The lowest BCUT2D eigenvalue weighted by molar-refractivity contribution is 0.0835. The van der Waals surface area contributed by atoms with Gasteiger partial charge < -0.3 is 10.8 Å². The number of benzene rings is 2. The van der Waals surface area contributed by atoms with Gasteiger partial charge in [0, 0.05) is 17.0 Å². The number of nitrogens with two attached hydrogens (primary N) is 1. The van der Waals surface area contributed by atoms with E-state index in [-0.39, 0.29) is 0 Å². The maximum Gasteiger partial charge on any atom is 0.0901 e. The van der Waals surface area contributed by atoms with E-state index in [0.29, 0.717) is 11.6 Å². The van der Waals surface area contributed by atoms with Crippen molar-refractivity contribution in [3.63, 3.8) is 0 Å². The summed E-state index contributed by atoms with van der Waals surface area (Å²) in [5.41, 5.74) is 10.1. The zero-order valence-electron chi connectivity index (χ0n) is 12.1.